The predicted molar refractivity (Wildman–Crippen MR) is 82.8 cm³/mol. The van der Waals surface area contributed by atoms with Crippen LogP contribution in [0.1, 0.15) is 24.6 Å². The van der Waals surface area contributed by atoms with E-state index < -0.39 is 0 Å². The second-order valence-corrected chi connectivity index (χ2v) is 5.42. The summed E-state index contributed by atoms with van der Waals surface area (Å²) in [6, 6.07) is 8.25. The smallest absolute Gasteiger partial charge is 0.161 e. The van der Waals surface area contributed by atoms with Gasteiger partial charge in [0.15, 0.2) is 5.78 Å². The first-order valence-electron chi connectivity index (χ1n) is 7.22. The molecule has 0 aliphatic carbocycles. The van der Waals surface area contributed by atoms with Gasteiger partial charge in [-0.1, -0.05) is 25.1 Å². The molecule has 0 saturated carbocycles. The molecular formula is C17H20N2O. The number of nitrogens with one attached hydrogen (secondary N) is 1. The minimum atomic E-state index is 0.291. The van der Waals surface area contributed by atoms with E-state index in [4.69, 9.17) is 0 Å². The fraction of sp³-hybridized carbons (Fsp3) is 0.353. The lowest BCUT2D eigenvalue weighted by atomic mass is 9.99. The second kappa shape index (κ2) is 5.25. The number of rotatable bonds is 2. The molecule has 1 fully saturated rings. The summed E-state index contributed by atoms with van der Waals surface area (Å²) in [5.41, 5.74) is 4.35. The maximum absolute atomic E-state index is 12.1. The first kappa shape index (κ1) is 13.1. The molecule has 1 aliphatic rings. The third kappa shape index (κ3) is 2.29. The quantitative estimate of drug-likeness (QED) is 0.849. The normalized spacial score (nSPS) is 19.1. The van der Waals surface area contributed by atoms with Crippen molar-refractivity contribution in [1.82, 2.24) is 9.88 Å². The van der Waals surface area contributed by atoms with Crippen LogP contribution in [0.4, 0.5) is 0 Å². The van der Waals surface area contributed by atoms with E-state index in [1.807, 2.05) is 12.1 Å². The first-order chi connectivity index (χ1) is 9.69. The van der Waals surface area contributed by atoms with Gasteiger partial charge in [0.05, 0.1) is 0 Å². The number of Topliss-reactive ketones (excluding diaryl/α,β-unsaturated/α-hetero) is 1. The Balaban J connectivity index is 2.04. The largest absolute Gasteiger partial charge is 0.358 e. The number of likely N-dealkylation sites (tertiary alicyclic amines) is 1. The Labute approximate surface area is 119 Å². The van der Waals surface area contributed by atoms with Crippen LogP contribution in [0.5, 0.6) is 0 Å². The molecule has 0 radical (unpaired) electrons. The number of likely N-dealkylation sites (N-methyl/N-ethyl adjacent to an activating group) is 1. The van der Waals surface area contributed by atoms with E-state index in [0.29, 0.717) is 12.2 Å². The number of H-pyrrole nitrogens is 1. The number of aromatic amines is 1. The number of aromatic nitrogens is 1. The fourth-order valence-corrected chi connectivity index (χ4v) is 2.88. The van der Waals surface area contributed by atoms with Gasteiger partial charge in [0.1, 0.15) is 0 Å². The van der Waals surface area contributed by atoms with Gasteiger partial charge in [-0.25, -0.2) is 0 Å². The maximum Gasteiger partial charge on any atom is 0.161 e. The molecule has 1 N–H and O–H groups in total. The van der Waals surface area contributed by atoms with Crippen LogP contribution in [-0.4, -0.2) is 35.3 Å². The molecule has 2 aromatic rings. The highest BCUT2D eigenvalue weighted by molar-refractivity contribution is 6.03. The van der Waals surface area contributed by atoms with Crippen molar-refractivity contribution < 1.29 is 4.79 Å². The molecular weight excluding hydrogens is 248 g/mol. The average Bonchev–Trinajstić information content (AvgIpc) is 2.77. The highest BCUT2D eigenvalue weighted by Gasteiger charge is 2.20. The number of benzene rings is 1. The van der Waals surface area contributed by atoms with Gasteiger partial charge in [-0.2, -0.15) is 0 Å². The van der Waals surface area contributed by atoms with Gasteiger partial charge in [-0.15, -0.1) is 0 Å². The van der Waals surface area contributed by atoms with E-state index in [9.17, 15) is 4.79 Å². The number of aryl methyl sites for hydroxylation is 1. The van der Waals surface area contributed by atoms with Crippen molar-refractivity contribution >= 4 is 22.8 Å². The summed E-state index contributed by atoms with van der Waals surface area (Å²) in [7, 11) is 0. The maximum atomic E-state index is 12.1. The van der Waals surface area contributed by atoms with E-state index in [1.54, 1.807) is 0 Å². The molecule has 3 heteroatoms. The number of para-hydroxylation sites is 1. The average molecular weight is 268 g/mol. The van der Waals surface area contributed by atoms with E-state index >= 15 is 0 Å². The highest BCUT2D eigenvalue weighted by atomic mass is 16.1. The number of piperidine rings is 1. The summed E-state index contributed by atoms with van der Waals surface area (Å²) in [6.45, 7) is 6.87. The third-order valence-corrected chi connectivity index (χ3v) is 4.12. The lowest BCUT2D eigenvalue weighted by molar-refractivity contribution is -0.117. The topological polar surface area (TPSA) is 36.1 Å². The van der Waals surface area contributed by atoms with Crippen molar-refractivity contribution in [2.24, 2.45) is 0 Å². The number of nitrogens with zero attached hydrogens (tertiary/aromatic N) is 1. The molecule has 0 spiro atoms. The number of hydrogen-bond donors (Lipinski definition) is 1. The molecule has 20 heavy (non-hydrogen) atoms. The molecule has 3 rings (SSSR count). The molecule has 0 unspecified atom stereocenters. The van der Waals surface area contributed by atoms with E-state index in [0.717, 1.165) is 42.0 Å². The number of fused-ring (bicyclic) bond motifs is 1. The minimum absolute atomic E-state index is 0.291. The monoisotopic (exact) mass is 268 g/mol. The highest BCUT2D eigenvalue weighted by Crippen LogP contribution is 2.25. The molecule has 0 atom stereocenters. The van der Waals surface area contributed by atoms with Gasteiger partial charge in [0, 0.05) is 47.2 Å². The van der Waals surface area contributed by atoms with Crippen molar-refractivity contribution in [3.63, 3.8) is 0 Å². The summed E-state index contributed by atoms with van der Waals surface area (Å²) in [5, 5.41) is 1.19. The Morgan fingerprint density at radius 3 is 2.95 bits per heavy atom. The standard InChI is InChI=1S/C17H20N2O/c1-3-19-9-8-17(20)13(11-19)10-15-12(2)18-16-7-5-4-6-14(15)16/h4-7,10,18H,3,8-9,11H2,1-2H3/b13-10+. The van der Waals surface area contributed by atoms with Crippen LogP contribution in [0.25, 0.3) is 17.0 Å². The summed E-state index contributed by atoms with van der Waals surface area (Å²) in [6.07, 6.45) is 2.72. The van der Waals surface area contributed by atoms with Gasteiger partial charge in [-0.05, 0) is 25.6 Å². The molecule has 3 nitrogen and oxygen atoms in total. The van der Waals surface area contributed by atoms with Gasteiger partial charge < -0.3 is 4.98 Å². The molecule has 104 valence electrons. The summed E-state index contributed by atoms with van der Waals surface area (Å²) in [5.74, 6) is 0.291. The van der Waals surface area contributed by atoms with Gasteiger partial charge in [0.2, 0.25) is 0 Å². The Morgan fingerprint density at radius 2 is 2.15 bits per heavy atom. The number of ketones is 1. The predicted octanol–water partition coefficient (Wildman–Crippen LogP) is 3.15. The van der Waals surface area contributed by atoms with Crippen molar-refractivity contribution in [3.8, 4) is 0 Å². The van der Waals surface area contributed by atoms with Crippen molar-refractivity contribution in [2.75, 3.05) is 19.6 Å². The van der Waals surface area contributed by atoms with Crippen LogP contribution in [0, 0.1) is 6.92 Å². The Hall–Kier alpha value is -1.87. The van der Waals surface area contributed by atoms with Crippen molar-refractivity contribution in [2.45, 2.75) is 20.3 Å². The lowest BCUT2D eigenvalue weighted by Crippen LogP contribution is -2.35. The van der Waals surface area contributed by atoms with Crippen LogP contribution in [0.3, 0.4) is 0 Å². The zero-order valence-electron chi connectivity index (χ0n) is 12.1. The second-order valence-electron chi connectivity index (χ2n) is 5.42. The molecule has 1 aromatic carbocycles. The van der Waals surface area contributed by atoms with Crippen LogP contribution in [0.2, 0.25) is 0 Å². The number of carbonyl (C=O) groups is 1. The first-order valence-corrected chi connectivity index (χ1v) is 7.22. The Bertz CT molecular complexity index is 681. The summed E-state index contributed by atoms with van der Waals surface area (Å²) >= 11 is 0. The number of carbonyl (C=O) groups excluding carboxylic acids is 1. The van der Waals surface area contributed by atoms with Crippen molar-refractivity contribution in [1.29, 1.82) is 0 Å². The Kier molecular flexibility index (Phi) is 3.45. The van der Waals surface area contributed by atoms with Crippen molar-refractivity contribution in [3.05, 3.63) is 41.1 Å². The Morgan fingerprint density at radius 1 is 1.35 bits per heavy atom. The van der Waals surface area contributed by atoms with Gasteiger partial charge >= 0.3 is 0 Å². The van der Waals surface area contributed by atoms with Gasteiger partial charge in [-0.3, -0.25) is 9.69 Å². The minimum Gasteiger partial charge on any atom is -0.358 e. The lowest BCUT2D eigenvalue weighted by Gasteiger charge is -2.26. The van der Waals surface area contributed by atoms with Crippen LogP contribution >= 0.6 is 0 Å². The van der Waals surface area contributed by atoms with Crippen LogP contribution in [-0.2, 0) is 4.79 Å². The van der Waals surface area contributed by atoms with E-state index in [1.165, 1.54) is 5.39 Å². The number of hydrogen-bond acceptors (Lipinski definition) is 2. The van der Waals surface area contributed by atoms with Gasteiger partial charge in [0.25, 0.3) is 0 Å². The molecule has 1 aromatic heterocycles. The van der Waals surface area contributed by atoms with E-state index in [2.05, 4.69) is 41.9 Å². The van der Waals surface area contributed by atoms with Crippen LogP contribution < -0.4 is 0 Å². The third-order valence-electron chi connectivity index (χ3n) is 4.12. The molecule has 2 heterocycles. The molecule has 1 saturated heterocycles. The zero-order valence-corrected chi connectivity index (χ0v) is 12.1. The fourth-order valence-electron chi connectivity index (χ4n) is 2.88. The molecule has 0 amide bonds. The molecule has 1 aliphatic heterocycles. The van der Waals surface area contributed by atoms with Crippen LogP contribution in [0.15, 0.2) is 29.8 Å². The molecule has 0 bridgehead atoms. The SMILES string of the molecule is CCN1CCC(=O)/C(=C/c2c(C)[nH]c3ccccc23)C1. The zero-order chi connectivity index (χ0) is 14.1. The summed E-state index contributed by atoms with van der Waals surface area (Å²) in [4.78, 5) is 17.8. The summed E-state index contributed by atoms with van der Waals surface area (Å²) < 4.78 is 0. The van der Waals surface area contributed by atoms with E-state index in [-0.39, 0.29) is 0 Å².